The first-order valence-corrected chi connectivity index (χ1v) is 6.70. The van der Waals surface area contributed by atoms with Gasteiger partial charge in [0.1, 0.15) is 0 Å². The Morgan fingerprint density at radius 2 is 2.33 bits per heavy atom. The normalized spacial score (nSPS) is 18.3. The number of rotatable bonds is 7. The van der Waals surface area contributed by atoms with Gasteiger partial charge in [-0.3, -0.25) is 4.90 Å². The van der Waals surface area contributed by atoms with Gasteiger partial charge in [-0.15, -0.1) is 0 Å². The number of aromatic nitrogens is 1. The van der Waals surface area contributed by atoms with Gasteiger partial charge in [0.2, 0.25) is 0 Å². The maximum absolute atomic E-state index is 5.14. The maximum Gasteiger partial charge on any atom is 0.150 e. The highest BCUT2D eigenvalue weighted by Gasteiger charge is 2.19. The average Bonchev–Trinajstić information content (AvgIpc) is 2.89. The van der Waals surface area contributed by atoms with Gasteiger partial charge < -0.3 is 14.6 Å². The third kappa shape index (κ3) is 4.40. The fourth-order valence-corrected chi connectivity index (χ4v) is 2.37. The van der Waals surface area contributed by atoms with E-state index in [0.29, 0.717) is 0 Å². The molecule has 0 unspecified atom stereocenters. The van der Waals surface area contributed by atoms with Crippen LogP contribution in [-0.2, 0) is 11.3 Å². The highest BCUT2D eigenvalue weighted by Crippen LogP contribution is 2.18. The second-order valence-corrected chi connectivity index (χ2v) is 4.90. The Labute approximate surface area is 108 Å². The van der Waals surface area contributed by atoms with Crippen LogP contribution in [0.1, 0.15) is 18.6 Å². The lowest BCUT2D eigenvalue weighted by Crippen LogP contribution is -2.37. The van der Waals surface area contributed by atoms with Gasteiger partial charge in [-0.25, -0.2) is 0 Å². The lowest BCUT2D eigenvalue weighted by atomic mass is 9.97. The summed E-state index contributed by atoms with van der Waals surface area (Å²) in [6.45, 7) is 6.05. The molecular formula is C13H23N3O2. The van der Waals surface area contributed by atoms with Gasteiger partial charge >= 0.3 is 0 Å². The molecule has 0 saturated carbocycles. The summed E-state index contributed by atoms with van der Waals surface area (Å²) in [6, 6.07) is 1.94. The molecule has 0 bridgehead atoms. The van der Waals surface area contributed by atoms with Gasteiger partial charge in [0.25, 0.3) is 0 Å². The Morgan fingerprint density at radius 3 is 3.00 bits per heavy atom. The number of nitrogens with zero attached hydrogens (tertiary/aromatic N) is 2. The van der Waals surface area contributed by atoms with E-state index < -0.39 is 0 Å². The molecule has 1 aliphatic heterocycles. The van der Waals surface area contributed by atoms with Crippen molar-refractivity contribution in [3.63, 3.8) is 0 Å². The van der Waals surface area contributed by atoms with Crippen molar-refractivity contribution < 1.29 is 9.26 Å². The molecule has 5 nitrogen and oxygen atoms in total. The second kappa shape index (κ2) is 7.51. The van der Waals surface area contributed by atoms with Crippen LogP contribution in [0.15, 0.2) is 16.8 Å². The number of ether oxygens (including phenoxy) is 1. The minimum Gasteiger partial charge on any atom is -0.383 e. The van der Waals surface area contributed by atoms with Crippen LogP contribution in [0.5, 0.6) is 0 Å². The molecule has 2 heterocycles. The molecule has 1 N–H and O–H groups in total. The standard InChI is InChI=1S/C13H23N3O2/c1-17-9-6-14-10-12-3-7-16(8-4-12)11-13-2-5-15-18-13/h2,5,12,14H,3-4,6-11H2,1H3. The van der Waals surface area contributed by atoms with E-state index in [1.54, 1.807) is 13.3 Å². The quantitative estimate of drug-likeness (QED) is 0.738. The fourth-order valence-electron chi connectivity index (χ4n) is 2.37. The molecule has 1 fully saturated rings. The molecule has 1 aliphatic rings. The van der Waals surface area contributed by atoms with E-state index in [0.717, 1.165) is 51.0 Å². The number of hydrogen-bond acceptors (Lipinski definition) is 5. The van der Waals surface area contributed by atoms with Crippen molar-refractivity contribution in [3.05, 3.63) is 18.0 Å². The third-order valence-corrected chi connectivity index (χ3v) is 3.49. The fraction of sp³-hybridized carbons (Fsp3) is 0.769. The van der Waals surface area contributed by atoms with Gasteiger partial charge in [0, 0.05) is 19.7 Å². The molecule has 0 spiro atoms. The predicted molar refractivity (Wildman–Crippen MR) is 69.2 cm³/mol. The van der Waals surface area contributed by atoms with Crippen molar-refractivity contribution >= 4 is 0 Å². The molecule has 18 heavy (non-hydrogen) atoms. The van der Waals surface area contributed by atoms with E-state index in [-0.39, 0.29) is 0 Å². The van der Waals surface area contributed by atoms with Crippen molar-refractivity contribution in [2.75, 3.05) is 39.9 Å². The van der Waals surface area contributed by atoms with Gasteiger partial charge in [0.15, 0.2) is 5.76 Å². The SMILES string of the molecule is COCCNCC1CCN(Cc2ccno2)CC1. The van der Waals surface area contributed by atoms with Gasteiger partial charge in [-0.05, 0) is 38.4 Å². The zero-order chi connectivity index (χ0) is 12.6. The number of nitrogens with one attached hydrogen (secondary N) is 1. The molecule has 0 radical (unpaired) electrons. The zero-order valence-electron chi connectivity index (χ0n) is 11.1. The van der Waals surface area contributed by atoms with Crippen molar-refractivity contribution in [2.24, 2.45) is 5.92 Å². The number of hydrogen-bond donors (Lipinski definition) is 1. The van der Waals surface area contributed by atoms with E-state index in [1.165, 1.54) is 12.8 Å². The first-order valence-electron chi connectivity index (χ1n) is 6.70. The highest BCUT2D eigenvalue weighted by molar-refractivity contribution is 4.93. The van der Waals surface area contributed by atoms with E-state index in [1.807, 2.05) is 6.07 Å². The lowest BCUT2D eigenvalue weighted by molar-refractivity contribution is 0.156. The largest absolute Gasteiger partial charge is 0.383 e. The summed E-state index contributed by atoms with van der Waals surface area (Å²) < 4.78 is 10.2. The monoisotopic (exact) mass is 253 g/mol. The van der Waals surface area contributed by atoms with E-state index >= 15 is 0 Å². The molecule has 1 saturated heterocycles. The smallest absolute Gasteiger partial charge is 0.150 e. The van der Waals surface area contributed by atoms with E-state index in [9.17, 15) is 0 Å². The summed E-state index contributed by atoms with van der Waals surface area (Å²) in [4.78, 5) is 2.44. The summed E-state index contributed by atoms with van der Waals surface area (Å²) >= 11 is 0. The van der Waals surface area contributed by atoms with E-state index in [2.05, 4.69) is 15.4 Å². The Balaban J connectivity index is 1.59. The molecule has 1 aromatic heterocycles. The molecule has 2 rings (SSSR count). The summed E-state index contributed by atoms with van der Waals surface area (Å²) in [7, 11) is 1.74. The first-order chi connectivity index (χ1) is 8.88. The van der Waals surface area contributed by atoms with Crippen molar-refractivity contribution in [1.82, 2.24) is 15.4 Å². The van der Waals surface area contributed by atoms with Crippen molar-refractivity contribution in [1.29, 1.82) is 0 Å². The van der Waals surface area contributed by atoms with Crippen LogP contribution in [0.3, 0.4) is 0 Å². The van der Waals surface area contributed by atoms with Crippen LogP contribution in [0.25, 0.3) is 0 Å². The van der Waals surface area contributed by atoms with E-state index in [4.69, 9.17) is 9.26 Å². The van der Waals surface area contributed by atoms with Crippen LogP contribution < -0.4 is 5.32 Å². The lowest BCUT2D eigenvalue weighted by Gasteiger charge is -2.31. The van der Waals surface area contributed by atoms with Crippen LogP contribution in [-0.4, -0.2) is 50.0 Å². The summed E-state index contributed by atoms with van der Waals surface area (Å²) in [5.74, 6) is 1.76. The average molecular weight is 253 g/mol. The Bertz CT molecular complexity index is 308. The van der Waals surface area contributed by atoms with Gasteiger partial charge in [-0.2, -0.15) is 0 Å². The molecule has 1 aromatic rings. The molecule has 0 aromatic carbocycles. The maximum atomic E-state index is 5.14. The van der Waals surface area contributed by atoms with Crippen LogP contribution >= 0.6 is 0 Å². The minimum absolute atomic E-state index is 0.796. The minimum atomic E-state index is 0.796. The molecule has 102 valence electrons. The molecule has 0 atom stereocenters. The Hall–Kier alpha value is -0.910. The molecule has 0 amide bonds. The highest BCUT2D eigenvalue weighted by atomic mass is 16.5. The van der Waals surface area contributed by atoms with Gasteiger partial charge in [0.05, 0.1) is 19.3 Å². The molecule has 5 heteroatoms. The second-order valence-electron chi connectivity index (χ2n) is 4.90. The number of likely N-dealkylation sites (tertiary alicyclic amines) is 1. The molecular weight excluding hydrogens is 230 g/mol. The summed E-state index contributed by atoms with van der Waals surface area (Å²) in [5.41, 5.74) is 0. The number of methoxy groups -OCH3 is 1. The zero-order valence-corrected chi connectivity index (χ0v) is 11.1. The molecule has 0 aliphatic carbocycles. The van der Waals surface area contributed by atoms with Crippen molar-refractivity contribution in [2.45, 2.75) is 19.4 Å². The summed E-state index contributed by atoms with van der Waals surface area (Å²) in [6.07, 6.45) is 4.23. The van der Waals surface area contributed by atoms with Crippen LogP contribution in [0.4, 0.5) is 0 Å². The third-order valence-electron chi connectivity index (χ3n) is 3.49. The Kier molecular flexibility index (Phi) is 5.64. The van der Waals surface area contributed by atoms with Gasteiger partial charge in [-0.1, -0.05) is 5.16 Å². The number of piperidine rings is 1. The predicted octanol–water partition coefficient (Wildman–Crippen LogP) is 1.12. The van der Waals surface area contributed by atoms with Crippen LogP contribution in [0, 0.1) is 5.92 Å². The topological polar surface area (TPSA) is 50.5 Å². The van der Waals surface area contributed by atoms with Crippen molar-refractivity contribution in [3.8, 4) is 0 Å². The first kappa shape index (κ1) is 13.5. The summed E-state index contributed by atoms with van der Waals surface area (Å²) in [5, 5.41) is 7.18. The van der Waals surface area contributed by atoms with Crippen LogP contribution in [0.2, 0.25) is 0 Å². The Morgan fingerprint density at radius 1 is 1.50 bits per heavy atom.